The molecule has 1 aliphatic rings. The van der Waals surface area contributed by atoms with Crippen molar-refractivity contribution in [1.29, 1.82) is 0 Å². The van der Waals surface area contributed by atoms with Gasteiger partial charge in [-0.2, -0.15) is 0 Å². The third kappa shape index (κ3) is 5.38. The molecule has 164 valence electrons. The molecule has 4 heteroatoms. The van der Waals surface area contributed by atoms with E-state index in [1.54, 1.807) is 0 Å². The molecule has 1 heterocycles. The zero-order chi connectivity index (χ0) is 21.6. The van der Waals surface area contributed by atoms with Gasteiger partial charge in [0.05, 0.1) is 11.4 Å². The summed E-state index contributed by atoms with van der Waals surface area (Å²) < 4.78 is 0. The molecule has 0 radical (unpaired) electrons. The Labute approximate surface area is 191 Å². The number of nitrogens with zero attached hydrogens (tertiary/aromatic N) is 1. The summed E-state index contributed by atoms with van der Waals surface area (Å²) in [6, 6.07) is 17.4. The van der Waals surface area contributed by atoms with Crippen LogP contribution in [-0.4, -0.2) is 31.1 Å². The van der Waals surface area contributed by atoms with Crippen LogP contribution in [0.1, 0.15) is 63.2 Å². The van der Waals surface area contributed by atoms with Crippen LogP contribution >= 0.6 is 23.5 Å². The van der Waals surface area contributed by atoms with Gasteiger partial charge in [-0.15, -0.1) is 23.5 Å². The first-order chi connectivity index (χ1) is 14.5. The predicted molar refractivity (Wildman–Crippen MR) is 134 cm³/mol. The molecule has 0 saturated heterocycles. The number of rotatable bonds is 9. The fourth-order valence-electron chi connectivity index (χ4n) is 4.36. The second-order valence-corrected chi connectivity index (χ2v) is 11.0. The Kier molecular flexibility index (Phi) is 8.62. The van der Waals surface area contributed by atoms with Gasteiger partial charge >= 0.3 is 0 Å². The minimum Gasteiger partial charge on any atom is -0.391 e. The summed E-state index contributed by atoms with van der Waals surface area (Å²) in [7, 11) is 4.18. The number of benzene rings is 2. The van der Waals surface area contributed by atoms with Gasteiger partial charge in [-0.3, -0.25) is 0 Å². The summed E-state index contributed by atoms with van der Waals surface area (Å²) in [5.41, 5.74) is 2.47. The summed E-state index contributed by atoms with van der Waals surface area (Å²) in [6.45, 7) is 4.52. The van der Waals surface area contributed by atoms with Crippen LogP contribution in [0.4, 0.5) is 5.69 Å². The van der Waals surface area contributed by atoms with Gasteiger partial charge in [0.1, 0.15) is 0 Å². The molecule has 2 aromatic rings. The first-order valence-electron chi connectivity index (χ1n) is 11.3. The number of aliphatic hydroxyl groups is 1. The van der Waals surface area contributed by atoms with Crippen LogP contribution in [0.15, 0.2) is 58.3 Å². The number of hydrogen-bond acceptors (Lipinski definition) is 4. The van der Waals surface area contributed by atoms with Crippen molar-refractivity contribution in [1.82, 2.24) is 0 Å². The van der Waals surface area contributed by atoms with Crippen LogP contribution in [-0.2, 0) is 0 Å². The van der Waals surface area contributed by atoms with Gasteiger partial charge in [-0.05, 0) is 48.7 Å². The number of unbranched alkanes of at least 4 members (excludes halogenated alkanes) is 2. The van der Waals surface area contributed by atoms with Crippen LogP contribution in [0.25, 0.3) is 0 Å². The Morgan fingerprint density at radius 3 is 2.30 bits per heavy atom. The Bertz CT molecular complexity index is 785. The Balaban J connectivity index is 2.06. The average Bonchev–Trinajstić information content (AvgIpc) is 2.87. The monoisotopic (exact) mass is 443 g/mol. The lowest BCUT2D eigenvalue weighted by molar-refractivity contribution is 0.0237. The Hall–Kier alpha value is -1.10. The third-order valence-corrected chi connectivity index (χ3v) is 9.02. The van der Waals surface area contributed by atoms with Crippen LogP contribution < -0.4 is 4.90 Å². The highest BCUT2D eigenvalue weighted by atomic mass is 32.2. The molecule has 0 unspecified atom stereocenters. The maximum atomic E-state index is 12.0. The molecule has 2 atom stereocenters. The molecular weight excluding hydrogens is 406 g/mol. The van der Waals surface area contributed by atoms with Gasteiger partial charge in [-0.25, -0.2) is 0 Å². The standard InChI is InChI=1S/C26H37NOS2/c1-5-7-16-26(17-8-6-2)19-29-23-15-14-20(27(3)4)18-22(23)24(25(26)28)30-21-12-10-9-11-13-21/h9-15,18,24-25,28H,5-8,16-17,19H2,1-4H3/t24-,25-/m1/s1. The van der Waals surface area contributed by atoms with E-state index in [1.807, 2.05) is 23.5 Å². The van der Waals surface area contributed by atoms with Crippen molar-refractivity contribution < 1.29 is 5.11 Å². The molecule has 2 aromatic carbocycles. The van der Waals surface area contributed by atoms with Crippen molar-refractivity contribution >= 4 is 29.2 Å². The molecule has 0 aromatic heterocycles. The van der Waals surface area contributed by atoms with E-state index in [9.17, 15) is 5.11 Å². The second-order valence-electron chi connectivity index (χ2n) is 8.77. The summed E-state index contributed by atoms with van der Waals surface area (Å²) in [5, 5.41) is 12.0. The molecule has 0 fully saturated rings. The first kappa shape index (κ1) is 23.6. The minimum atomic E-state index is -0.355. The number of hydrogen-bond donors (Lipinski definition) is 1. The van der Waals surface area contributed by atoms with Crippen LogP contribution in [0, 0.1) is 5.41 Å². The van der Waals surface area contributed by atoms with Gasteiger partial charge in [0.15, 0.2) is 0 Å². The lowest BCUT2D eigenvalue weighted by atomic mass is 9.73. The van der Waals surface area contributed by atoms with Crippen molar-refractivity contribution in [3.05, 3.63) is 54.1 Å². The summed E-state index contributed by atoms with van der Waals surface area (Å²) in [5.74, 6) is 1.01. The molecular formula is C26H37NOS2. The molecule has 1 aliphatic heterocycles. The zero-order valence-electron chi connectivity index (χ0n) is 18.9. The molecule has 1 N–H and O–H groups in total. The van der Waals surface area contributed by atoms with E-state index < -0.39 is 0 Å². The first-order valence-corrected chi connectivity index (χ1v) is 13.2. The SMILES string of the molecule is CCCCC1(CCCC)CSc2ccc(N(C)C)cc2[C@@H](Sc2ccccc2)[C@H]1O. The quantitative estimate of drug-likeness (QED) is 0.435. The fourth-order valence-corrected chi connectivity index (χ4v) is 7.20. The second kappa shape index (κ2) is 11.0. The third-order valence-electron chi connectivity index (χ3n) is 6.31. The largest absolute Gasteiger partial charge is 0.391 e. The van der Waals surface area contributed by atoms with Crippen molar-refractivity contribution in [3.63, 3.8) is 0 Å². The molecule has 2 nitrogen and oxygen atoms in total. The number of anilines is 1. The molecule has 0 bridgehead atoms. The van der Waals surface area contributed by atoms with E-state index in [4.69, 9.17) is 0 Å². The van der Waals surface area contributed by atoms with E-state index >= 15 is 0 Å². The van der Waals surface area contributed by atoms with Gasteiger partial charge in [0.2, 0.25) is 0 Å². The van der Waals surface area contributed by atoms with E-state index in [1.165, 1.54) is 46.7 Å². The predicted octanol–water partition coefficient (Wildman–Crippen LogP) is 7.42. The number of thioether (sulfide) groups is 2. The molecule has 0 spiro atoms. The fraction of sp³-hybridized carbons (Fsp3) is 0.538. The summed E-state index contributed by atoms with van der Waals surface area (Å²) >= 11 is 3.80. The minimum absolute atomic E-state index is 0.0273. The van der Waals surface area contributed by atoms with E-state index in [0.29, 0.717) is 0 Å². The highest BCUT2D eigenvalue weighted by molar-refractivity contribution is 8.00. The lowest BCUT2D eigenvalue weighted by Crippen LogP contribution is -2.40. The van der Waals surface area contributed by atoms with Crippen LogP contribution in [0.5, 0.6) is 0 Å². The number of fused-ring (bicyclic) bond motifs is 1. The Morgan fingerprint density at radius 2 is 1.70 bits per heavy atom. The van der Waals surface area contributed by atoms with Gasteiger partial charge in [-0.1, -0.05) is 57.7 Å². The van der Waals surface area contributed by atoms with E-state index in [2.05, 4.69) is 81.4 Å². The smallest absolute Gasteiger partial charge is 0.0767 e. The number of aliphatic hydroxyl groups excluding tert-OH is 1. The summed E-state index contributed by atoms with van der Waals surface area (Å²) in [4.78, 5) is 4.73. The van der Waals surface area contributed by atoms with Crippen LogP contribution in [0.3, 0.4) is 0 Å². The molecule has 30 heavy (non-hydrogen) atoms. The van der Waals surface area contributed by atoms with Gasteiger partial charge in [0, 0.05) is 40.7 Å². The van der Waals surface area contributed by atoms with Crippen molar-refractivity contribution in [3.8, 4) is 0 Å². The summed E-state index contributed by atoms with van der Waals surface area (Å²) in [6.07, 6.45) is 6.59. The topological polar surface area (TPSA) is 23.5 Å². The maximum Gasteiger partial charge on any atom is 0.0767 e. The highest BCUT2D eigenvalue weighted by Crippen LogP contribution is 2.54. The van der Waals surface area contributed by atoms with Crippen LogP contribution in [0.2, 0.25) is 0 Å². The molecule has 0 aliphatic carbocycles. The molecule has 0 saturated carbocycles. The van der Waals surface area contributed by atoms with Crippen molar-refractivity contribution in [2.75, 3.05) is 24.7 Å². The highest BCUT2D eigenvalue weighted by Gasteiger charge is 2.45. The van der Waals surface area contributed by atoms with Crippen molar-refractivity contribution in [2.24, 2.45) is 5.41 Å². The van der Waals surface area contributed by atoms with Gasteiger partial charge < -0.3 is 10.0 Å². The van der Waals surface area contributed by atoms with Crippen molar-refractivity contribution in [2.45, 2.75) is 73.5 Å². The van der Waals surface area contributed by atoms with E-state index in [0.717, 1.165) is 18.6 Å². The van der Waals surface area contributed by atoms with E-state index in [-0.39, 0.29) is 16.8 Å². The maximum absolute atomic E-state index is 12.0. The zero-order valence-corrected chi connectivity index (χ0v) is 20.6. The average molecular weight is 444 g/mol. The molecule has 3 rings (SSSR count). The Morgan fingerprint density at radius 1 is 1.03 bits per heavy atom. The molecule has 0 amide bonds. The normalized spacial score (nSPS) is 20.4. The lowest BCUT2D eigenvalue weighted by Gasteiger charge is -2.40. The van der Waals surface area contributed by atoms with Gasteiger partial charge in [0.25, 0.3) is 0 Å².